The van der Waals surface area contributed by atoms with E-state index in [4.69, 9.17) is 0 Å². The first kappa shape index (κ1) is 9.80. The Bertz CT molecular complexity index is 218. The number of nitrogens with one attached hydrogen (secondary N) is 1. The maximum absolute atomic E-state index is 12.1. The summed E-state index contributed by atoms with van der Waals surface area (Å²) in [5, 5.41) is -0.550. The van der Waals surface area contributed by atoms with Crippen LogP contribution in [-0.2, 0) is 4.79 Å². The van der Waals surface area contributed by atoms with Crippen molar-refractivity contribution in [2.45, 2.75) is 5.38 Å². The lowest BCUT2D eigenvalue weighted by Crippen LogP contribution is -2.20. The van der Waals surface area contributed by atoms with E-state index in [1.165, 1.54) is 11.8 Å². The van der Waals surface area contributed by atoms with Gasteiger partial charge in [0.25, 0.3) is 0 Å². The monoisotopic (exact) mass is 213 g/mol. The van der Waals surface area contributed by atoms with Gasteiger partial charge in [-0.3, -0.25) is 4.79 Å². The minimum absolute atomic E-state index is 0.459. The van der Waals surface area contributed by atoms with Crippen LogP contribution < -0.4 is 5.32 Å². The SMILES string of the molecule is O=C(/C=C1\NCCS1)C(F)(F)Cl. The van der Waals surface area contributed by atoms with E-state index < -0.39 is 11.2 Å². The Morgan fingerprint density at radius 2 is 2.42 bits per heavy atom. The first-order chi connectivity index (χ1) is 5.50. The molecule has 0 spiro atoms. The maximum atomic E-state index is 12.1. The molecule has 0 aliphatic carbocycles. The molecular formula is C6H6ClF2NOS. The van der Waals surface area contributed by atoms with Gasteiger partial charge in [-0.15, -0.1) is 11.8 Å². The molecular weight excluding hydrogens is 208 g/mol. The Balaban J connectivity index is 2.60. The molecule has 1 aliphatic heterocycles. The van der Waals surface area contributed by atoms with E-state index in [-0.39, 0.29) is 0 Å². The molecule has 0 amide bonds. The van der Waals surface area contributed by atoms with Crippen molar-refractivity contribution in [2.75, 3.05) is 12.3 Å². The van der Waals surface area contributed by atoms with Crippen molar-refractivity contribution >= 4 is 29.1 Å². The summed E-state index contributed by atoms with van der Waals surface area (Å²) in [6, 6.07) is 0. The van der Waals surface area contributed by atoms with Crippen LogP contribution in [0, 0.1) is 0 Å². The second kappa shape index (κ2) is 3.62. The average Bonchev–Trinajstić information content (AvgIpc) is 2.37. The molecule has 68 valence electrons. The molecule has 0 radical (unpaired) electrons. The fraction of sp³-hybridized carbons (Fsp3) is 0.500. The Morgan fingerprint density at radius 3 is 2.83 bits per heavy atom. The van der Waals surface area contributed by atoms with Crippen LogP contribution in [-0.4, -0.2) is 23.5 Å². The molecule has 2 nitrogen and oxygen atoms in total. The highest BCUT2D eigenvalue weighted by atomic mass is 35.5. The molecule has 0 unspecified atom stereocenters. The number of thioether (sulfide) groups is 1. The molecule has 1 aliphatic rings. The normalized spacial score (nSPS) is 21.1. The molecule has 1 rings (SSSR count). The van der Waals surface area contributed by atoms with Crippen molar-refractivity contribution in [1.29, 1.82) is 0 Å². The van der Waals surface area contributed by atoms with E-state index in [0.29, 0.717) is 11.6 Å². The molecule has 0 aromatic carbocycles. The van der Waals surface area contributed by atoms with Crippen LogP contribution in [0.25, 0.3) is 0 Å². The van der Waals surface area contributed by atoms with Crippen LogP contribution >= 0.6 is 23.4 Å². The summed E-state index contributed by atoms with van der Waals surface area (Å²) in [4.78, 5) is 10.6. The molecule has 0 aromatic heterocycles. The van der Waals surface area contributed by atoms with E-state index >= 15 is 0 Å². The van der Waals surface area contributed by atoms with Crippen LogP contribution in [0.1, 0.15) is 0 Å². The van der Waals surface area contributed by atoms with Gasteiger partial charge in [0.1, 0.15) is 0 Å². The molecule has 0 aromatic rings. The van der Waals surface area contributed by atoms with Gasteiger partial charge < -0.3 is 5.32 Å². The fourth-order valence-corrected chi connectivity index (χ4v) is 1.55. The molecule has 0 bridgehead atoms. The lowest BCUT2D eigenvalue weighted by molar-refractivity contribution is -0.128. The van der Waals surface area contributed by atoms with Crippen molar-refractivity contribution < 1.29 is 13.6 Å². The number of ketones is 1. The minimum atomic E-state index is -3.78. The highest BCUT2D eigenvalue weighted by Crippen LogP contribution is 2.24. The third-order valence-corrected chi connectivity index (χ3v) is 2.37. The van der Waals surface area contributed by atoms with Gasteiger partial charge in [0.05, 0.1) is 5.03 Å². The standard InChI is InChI=1S/C6H6ClF2NOS/c7-6(8,9)4(11)3-5-10-1-2-12-5/h3,10H,1-2H2/b5-3+. The van der Waals surface area contributed by atoms with Gasteiger partial charge in [0.2, 0.25) is 5.78 Å². The summed E-state index contributed by atoms with van der Waals surface area (Å²) >= 11 is 5.82. The first-order valence-corrected chi connectivity index (χ1v) is 4.56. The van der Waals surface area contributed by atoms with Crippen LogP contribution in [0.3, 0.4) is 0 Å². The Hall–Kier alpha value is -0.290. The van der Waals surface area contributed by atoms with E-state index in [1.54, 1.807) is 0 Å². The van der Waals surface area contributed by atoms with E-state index in [1.807, 2.05) is 0 Å². The number of hydrogen-bond donors (Lipinski definition) is 1. The first-order valence-electron chi connectivity index (χ1n) is 3.19. The van der Waals surface area contributed by atoms with Gasteiger partial charge in [0.15, 0.2) is 0 Å². The van der Waals surface area contributed by atoms with Crippen LogP contribution in [0.2, 0.25) is 0 Å². The molecule has 6 heteroatoms. The minimum Gasteiger partial charge on any atom is -0.379 e. The zero-order valence-corrected chi connectivity index (χ0v) is 7.51. The highest BCUT2D eigenvalue weighted by molar-refractivity contribution is 8.03. The predicted octanol–water partition coefficient (Wildman–Crippen LogP) is 1.56. The topological polar surface area (TPSA) is 29.1 Å². The lowest BCUT2D eigenvalue weighted by atomic mass is 10.4. The largest absolute Gasteiger partial charge is 0.384 e. The van der Waals surface area contributed by atoms with Crippen molar-refractivity contribution in [3.8, 4) is 0 Å². The summed E-state index contributed by atoms with van der Waals surface area (Å²) in [7, 11) is 0. The maximum Gasteiger partial charge on any atom is 0.384 e. The van der Waals surface area contributed by atoms with Crippen molar-refractivity contribution in [3.05, 3.63) is 11.1 Å². The molecule has 0 atom stereocenters. The fourth-order valence-electron chi connectivity index (χ4n) is 0.680. The third kappa shape index (κ3) is 2.64. The van der Waals surface area contributed by atoms with Gasteiger partial charge in [-0.2, -0.15) is 8.78 Å². The second-order valence-corrected chi connectivity index (χ2v) is 3.76. The van der Waals surface area contributed by atoms with Crippen LogP contribution in [0.4, 0.5) is 8.78 Å². The second-order valence-electron chi connectivity index (χ2n) is 2.15. The summed E-state index contributed by atoms with van der Waals surface area (Å²) in [6.07, 6.45) is 0.838. The zero-order chi connectivity index (χ0) is 9.19. The lowest BCUT2D eigenvalue weighted by Gasteiger charge is -2.02. The summed E-state index contributed by atoms with van der Waals surface area (Å²) < 4.78 is 24.2. The molecule has 0 saturated carbocycles. The van der Waals surface area contributed by atoms with Crippen molar-refractivity contribution in [1.82, 2.24) is 5.32 Å². The summed E-state index contributed by atoms with van der Waals surface area (Å²) in [5.41, 5.74) is 0. The molecule has 12 heavy (non-hydrogen) atoms. The number of alkyl halides is 3. The van der Waals surface area contributed by atoms with Crippen LogP contribution in [0.15, 0.2) is 11.1 Å². The molecule has 1 saturated heterocycles. The Morgan fingerprint density at radius 1 is 1.75 bits per heavy atom. The van der Waals surface area contributed by atoms with Gasteiger partial charge in [0, 0.05) is 18.4 Å². The molecule has 1 N–H and O–H groups in total. The Labute approximate surface area is 77.3 Å². The quantitative estimate of drug-likeness (QED) is 0.558. The molecule has 1 fully saturated rings. The predicted molar refractivity (Wildman–Crippen MR) is 44.4 cm³/mol. The highest BCUT2D eigenvalue weighted by Gasteiger charge is 2.34. The van der Waals surface area contributed by atoms with Crippen molar-refractivity contribution in [3.63, 3.8) is 0 Å². The van der Waals surface area contributed by atoms with Gasteiger partial charge in [-0.25, -0.2) is 0 Å². The number of carbonyl (C=O) groups excluding carboxylic acids is 1. The number of halogens is 3. The van der Waals surface area contributed by atoms with Gasteiger partial charge >= 0.3 is 5.38 Å². The van der Waals surface area contributed by atoms with E-state index in [0.717, 1.165) is 11.8 Å². The number of rotatable bonds is 2. The van der Waals surface area contributed by atoms with E-state index in [9.17, 15) is 13.6 Å². The summed E-state index contributed by atoms with van der Waals surface area (Å²) in [5.74, 6) is -0.589. The molecule has 1 heterocycles. The van der Waals surface area contributed by atoms with E-state index in [2.05, 4.69) is 16.9 Å². The Kier molecular flexibility index (Phi) is 2.95. The number of allylic oxidation sites excluding steroid dienone is 1. The number of carbonyl (C=O) groups is 1. The zero-order valence-electron chi connectivity index (χ0n) is 5.94. The smallest absolute Gasteiger partial charge is 0.379 e. The van der Waals surface area contributed by atoms with Crippen LogP contribution in [0.5, 0.6) is 0 Å². The third-order valence-electron chi connectivity index (χ3n) is 1.20. The van der Waals surface area contributed by atoms with Gasteiger partial charge in [-0.1, -0.05) is 0 Å². The van der Waals surface area contributed by atoms with Gasteiger partial charge in [-0.05, 0) is 11.6 Å². The number of hydrogen-bond acceptors (Lipinski definition) is 3. The average molecular weight is 214 g/mol. The van der Waals surface area contributed by atoms with Crippen molar-refractivity contribution in [2.24, 2.45) is 0 Å². The summed E-state index contributed by atoms with van der Waals surface area (Å²) in [6.45, 7) is 0.692.